The number of morpholine rings is 1. The van der Waals surface area contributed by atoms with E-state index < -0.39 is 0 Å². The van der Waals surface area contributed by atoms with Gasteiger partial charge in [-0.2, -0.15) is 0 Å². The minimum atomic E-state index is -0.254. The van der Waals surface area contributed by atoms with E-state index in [1.807, 2.05) is 12.1 Å². The van der Waals surface area contributed by atoms with Crippen molar-refractivity contribution in [3.63, 3.8) is 0 Å². The van der Waals surface area contributed by atoms with Crippen LogP contribution >= 0.6 is 0 Å². The number of nitrogens with two attached hydrogens (primary N) is 1. The molecule has 0 aromatic carbocycles. The van der Waals surface area contributed by atoms with Crippen molar-refractivity contribution in [2.75, 3.05) is 18.0 Å². The summed E-state index contributed by atoms with van der Waals surface area (Å²) in [6.45, 7) is 9.73. The van der Waals surface area contributed by atoms with E-state index in [0.29, 0.717) is 5.69 Å². The van der Waals surface area contributed by atoms with Crippen LogP contribution in [0.15, 0.2) is 23.4 Å². The second-order valence-electron chi connectivity index (χ2n) is 6.34. The number of aromatic nitrogens is 1. The van der Waals surface area contributed by atoms with E-state index >= 15 is 0 Å². The Morgan fingerprint density at radius 2 is 1.90 bits per heavy atom. The summed E-state index contributed by atoms with van der Waals surface area (Å²) < 4.78 is 6.05. The van der Waals surface area contributed by atoms with Gasteiger partial charge in [0.15, 0.2) is 5.84 Å². The minimum Gasteiger partial charge on any atom is -0.409 e. The molecule has 110 valence electrons. The molecule has 0 spiro atoms. The number of pyridine rings is 1. The molecule has 0 amide bonds. The fourth-order valence-corrected chi connectivity index (χ4v) is 2.74. The van der Waals surface area contributed by atoms with Crippen LogP contribution in [0.3, 0.4) is 0 Å². The Labute approximate surface area is 119 Å². The van der Waals surface area contributed by atoms with E-state index in [1.54, 1.807) is 6.07 Å². The van der Waals surface area contributed by atoms with Gasteiger partial charge in [-0.05, 0) is 39.8 Å². The maximum Gasteiger partial charge on any atom is 0.188 e. The molecule has 1 saturated heterocycles. The quantitative estimate of drug-likeness (QED) is 0.371. The Hall–Kier alpha value is -1.82. The summed E-state index contributed by atoms with van der Waals surface area (Å²) in [5, 5.41) is 11.7. The van der Waals surface area contributed by atoms with Crippen molar-refractivity contribution in [2.24, 2.45) is 10.9 Å². The van der Waals surface area contributed by atoms with Crippen LogP contribution in [-0.4, -0.2) is 40.3 Å². The van der Waals surface area contributed by atoms with E-state index in [0.717, 1.165) is 18.9 Å². The molecule has 1 aliphatic heterocycles. The van der Waals surface area contributed by atoms with Gasteiger partial charge in [0.05, 0.1) is 11.2 Å². The largest absolute Gasteiger partial charge is 0.409 e. The second-order valence-corrected chi connectivity index (χ2v) is 6.34. The first-order valence-electron chi connectivity index (χ1n) is 6.62. The lowest BCUT2D eigenvalue weighted by Gasteiger charge is -2.47. The molecule has 0 unspecified atom stereocenters. The maximum atomic E-state index is 8.74. The minimum absolute atomic E-state index is 0.0126. The normalized spacial score (nSPS) is 21.8. The number of oxime groups is 1. The lowest BCUT2D eigenvalue weighted by Crippen LogP contribution is -2.57. The van der Waals surface area contributed by atoms with Crippen LogP contribution in [0.2, 0.25) is 0 Å². The Morgan fingerprint density at radius 3 is 2.45 bits per heavy atom. The Bertz CT molecular complexity index is 510. The molecule has 6 nitrogen and oxygen atoms in total. The molecule has 1 aliphatic rings. The monoisotopic (exact) mass is 278 g/mol. The molecular formula is C14H22N4O2. The van der Waals surface area contributed by atoms with Gasteiger partial charge in [0.2, 0.25) is 0 Å². The topological polar surface area (TPSA) is 84.0 Å². The molecule has 1 fully saturated rings. The average Bonchev–Trinajstić information content (AvgIpc) is 2.34. The number of amidine groups is 1. The Morgan fingerprint density at radius 1 is 1.30 bits per heavy atom. The van der Waals surface area contributed by atoms with Gasteiger partial charge in [0.1, 0.15) is 11.5 Å². The standard InChI is InChI=1S/C14H22N4O2/c1-13(2)8-18(9-14(3,4)20-13)11-7-5-6-10(16-11)12(15)17-19/h5-7,19H,8-9H2,1-4H3,(H2,15,17). The zero-order valence-corrected chi connectivity index (χ0v) is 12.4. The first-order valence-corrected chi connectivity index (χ1v) is 6.62. The molecule has 6 heteroatoms. The van der Waals surface area contributed by atoms with Crippen molar-refractivity contribution < 1.29 is 9.94 Å². The summed E-state index contributed by atoms with van der Waals surface area (Å²) in [6, 6.07) is 5.49. The highest BCUT2D eigenvalue weighted by molar-refractivity contribution is 5.95. The van der Waals surface area contributed by atoms with Gasteiger partial charge in [-0.3, -0.25) is 0 Å². The summed E-state index contributed by atoms with van der Waals surface area (Å²) in [5.41, 5.74) is 5.55. The van der Waals surface area contributed by atoms with Crippen molar-refractivity contribution in [3.8, 4) is 0 Å². The smallest absolute Gasteiger partial charge is 0.188 e. The number of ether oxygens (including phenoxy) is 1. The molecular weight excluding hydrogens is 256 g/mol. The van der Waals surface area contributed by atoms with Crippen molar-refractivity contribution in [2.45, 2.75) is 38.9 Å². The zero-order valence-electron chi connectivity index (χ0n) is 12.4. The molecule has 2 heterocycles. The van der Waals surface area contributed by atoms with Crippen LogP contribution < -0.4 is 10.6 Å². The lowest BCUT2D eigenvalue weighted by molar-refractivity contribution is -0.133. The summed E-state index contributed by atoms with van der Waals surface area (Å²) in [5.74, 6) is 0.817. The van der Waals surface area contributed by atoms with E-state index in [2.05, 4.69) is 42.7 Å². The number of hydrogen-bond acceptors (Lipinski definition) is 5. The molecule has 1 aromatic heterocycles. The number of hydrogen-bond donors (Lipinski definition) is 2. The van der Waals surface area contributed by atoms with E-state index in [9.17, 15) is 0 Å². The molecule has 3 N–H and O–H groups in total. The van der Waals surface area contributed by atoms with E-state index in [4.69, 9.17) is 15.7 Å². The summed E-state index contributed by atoms with van der Waals surface area (Å²) in [6.07, 6.45) is 0. The third-order valence-corrected chi connectivity index (χ3v) is 3.12. The Kier molecular flexibility index (Phi) is 3.60. The SMILES string of the molecule is CC1(C)CN(c2cccc(/C(N)=N/O)n2)CC(C)(C)O1. The van der Waals surface area contributed by atoms with Gasteiger partial charge in [0, 0.05) is 13.1 Å². The molecule has 0 atom stereocenters. The molecule has 2 rings (SSSR count). The Balaban J connectivity index is 2.31. The van der Waals surface area contributed by atoms with E-state index in [1.165, 1.54) is 0 Å². The van der Waals surface area contributed by atoms with Gasteiger partial charge in [-0.15, -0.1) is 0 Å². The summed E-state index contributed by atoms with van der Waals surface area (Å²) >= 11 is 0. The van der Waals surface area contributed by atoms with Gasteiger partial charge in [-0.1, -0.05) is 11.2 Å². The van der Waals surface area contributed by atoms with Gasteiger partial charge in [-0.25, -0.2) is 4.98 Å². The molecule has 0 saturated carbocycles. The highest BCUT2D eigenvalue weighted by atomic mass is 16.5. The third kappa shape index (κ3) is 3.19. The fourth-order valence-electron chi connectivity index (χ4n) is 2.74. The van der Waals surface area contributed by atoms with Crippen LogP contribution in [0.1, 0.15) is 33.4 Å². The molecule has 1 aromatic rings. The lowest BCUT2D eigenvalue weighted by atomic mass is 9.99. The third-order valence-electron chi connectivity index (χ3n) is 3.12. The van der Waals surface area contributed by atoms with Crippen LogP contribution in [0, 0.1) is 0 Å². The van der Waals surface area contributed by atoms with E-state index in [-0.39, 0.29) is 17.0 Å². The first-order chi connectivity index (χ1) is 9.22. The van der Waals surface area contributed by atoms with Crippen molar-refractivity contribution in [1.29, 1.82) is 0 Å². The van der Waals surface area contributed by atoms with Crippen LogP contribution in [0.4, 0.5) is 5.82 Å². The predicted octanol–water partition coefficient (Wildman–Crippen LogP) is 1.57. The fraction of sp³-hybridized carbons (Fsp3) is 0.571. The van der Waals surface area contributed by atoms with Gasteiger partial charge < -0.3 is 20.6 Å². The molecule has 20 heavy (non-hydrogen) atoms. The van der Waals surface area contributed by atoms with Crippen LogP contribution in [-0.2, 0) is 4.74 Å². The molecule has 0 aliphatic carbocycles. The van der Waals surface area contributed by atoms with Gasteiger partial charge in [0.25, 0.3) is 0 Å². The maximum absolute atomic E-state index is 8.74. The number of rotatable bonds is 2. The van der Waals surface area contributed by atoms with Crippen LogP contribution in [0.5, 0.6) is 0 Å². The second kappa shape index (κ2) is 4.94. The van der Waals surface area contributed by atoms with Crippen molar-refractivity contribution >= 4 is 11.7 Å². The highest BCUT2D eigenvalue weighted by Crippen LogP contribution is 2.30. The summed E-state index contributed by atoms with van der Waals surface area (Å²) in [7, 11) is 0. The first kappa shape index (κ1) is 14.6. The zero-order chi connectivity index (χ0) is 15.0. The summed E-state index contributed by atoms with van der Waals surface area (Å²) in [4.78, 5) is 6.62. The average molecular weight is 278 g/mol. The number of nitrogens with zero attached hydrogens (tertiary/aromatic N) is 3. The number of anilines is 1. The predicted molar refractivity (Wildman–Crippen MR) is 78.2 cm³/mol. The van der Waals surface area contributed by atoms with Crippen molar-refractivity contribution in [3.05, 3.63) is 23.9 Å². The van der Waals surface area contributed by atoms with Gasteiger partial charge >= 0.3 is 0 Å². The highest BCUT2D eigenvalue weighted by Gasteiger charge is 2.38. The molecule has 0 bridgehead atoms. The van der Waals surface area contributed by atoms with Crippen LogP contribution in [0.25, 0.3) is 0 Å². The van der Waals surface area contributed by atoms with Crippen molar-refractivity contribution in [1.82, 2.24) is 4.98 Å². The molecule has 0 radical (unpaired) electrons.